The van der Waals surface area contributed by atoms with Crippen LogP contribution in [-0.2, 0) is 17.6 Å². The molecular formula is C19H21N3O4. The number of methoxy groups -OCH3 is 1. The van der Waals surface area contributed by atoms with Gasteiger partial charge in [0.2, 0.25) is 5.91 Å². The molecule has 7 heteroatoms. The second kappa shape index (κ2) is 7.43. The zero-order chi connectivity index (χ0) is 18.7. The summed E-state index contributed by atoms with van der Waals surface area (Å²) < 4.78 is 5.17. The second-order valence-electron chi connectivity index (χ2n) is 6.33. The molecule has 0 saturated carbocycles. The Labute approximate surface area is 151 Å². The number of nitro benzene ring substituents is 1. The van der Waals surface area contributed by atoms with Gasteiger partial charge in [0.1, 0.15) is 11.8 Å². The van der Waals surface area contributed by atoms with Crippen molar-refractivity contribution in [1.29, 1.82) is 0 Å². The summed E-state index contributed by atoms with van der Waals surface area (Å²) in [5, 5.41) is 16.8. The van der Waals surface area contributed by atoms with Gasteiger partial charge in [-0.05, 0) is 55.5 Å². The van der Waals surface area contributed by atoms with E-state index in [9.17, 15) is 14.9 Å². The van der Waals surface area contributed by atoms with E-state index in [1.54, 1.807) is 6.92 Å². The minimum atomic E-state index is -0.515. The molecule has 0 aromatic heterocycles. The van der Waals surface area contributed by atoms with Gasteiger partial charge in [-0.25, -0.2) is 0 Å². The second-order valence-corrected chi connectivity index (χ2v) is 6.33. The number of nitrogens with one attached hydrogen (secondary N) is 2. The van der Waals surface area contributed by atoms with Gasteiger partial charge in [0.15, 0.2) is 0 Å². The van der Waals surface area contributed by atoms with Gasteiger partial charge in [0.25, 0.3) is 5.69 Å². The number of ether oxygens (including phenoxy) is 1. The summed E-state index contributed by atoms with van der Waals surface area (Å²) in [6, 6.07) is 9.73. The fourth-order valence-corrected chi connectivity index (χ4v) is 3.13. The van der Waals surface area contributed by atoms with Crippen molar-refractivity contribution in [3.05, 3.63) is 57.6 Å². The highest BCUT2D eigenvalue weighted by Crippen LogP contribution is 2.29. The normalized spacial score (nSPS) is 13.6. The first-order valence-corrected chi connectivity index (χ1v) is 8.49. The van der Waals surface area contributed by atoms with Crippen LogP contribution in [0.25, 0.3) is 0 Å². The van der Waals surface area contributed by atoms with Gasteiger partial charge < -0.3 is 15.4 Å². The standard InChI is InChI=1S/C19H21N3O4/c1-12(20-15-7-6-13-4-3-5-14(13)10-15)19(23)21-17-11-16(22(24)25)8-9-18(17)26-2/h6-12,20H,3-5H2,1-2H3,(H,21,23). The van der Waals surface area contributed by atoms with Crippen LogP contribution in [0.4, 0.5) is 17.1 Å². The molecule has 1 atom stereocenters. The van der Waals surface area contributed by atoms with E-state index in [2.05, 4.69) is 22.8 Å². The number of carbonyl (C=O) groups is 1. The Balaban J connectivity index is 1.71. The van der Waals surface area contributed by atoms with Crippen molar-refractivity contribution in [2.75, 3.05) is 17.7 Å². The molecule has 1 unspecified atom stereocenters. The minimum Gasteiger partial charge on any atom is -0.495 e. The van der Waals surface area contributed by atoms with E-state index < -0.39 is 11.0 Å². The summed E-state index contributed by atoms with van der Waals surface area (Å²) in [5.41, 5.74) is 3.74. The topological polar surface area (TPSA) is 93.5 Å². The molecule has 0 spiro atoms. The van der Waals surface area contributed by atoms with Crippen LogP contribution in [0.1, 0.15) is 24.5 Å². The lowest BCUT2D eigenvalue weighted by molar-refractivity contribution is -0.384. The van der Waals surface area contributed by atoms with Crippen molar-refractivity contribution in [3.8, 4) is 5.75 Å². The van der Waals surface area contributed by atoms with Gasteiger partial charge in [-0.1, -0.05) is 6.07 Å². The molecule has 136 valence electrons. The fourth-order valence-electron chi connectivity index (χ4n) is 3.13. The quantitative estimate of drug-likeness (QED) is 0.611. The number of non-ortho nitro benzene ring substituents is 1. The smallest absolute Gasteiger partial charge is 0.271 e. The highest BCUT2D eigenvalue weighted by atomic mass is 16.6. The molecule has 2 aromatic carbocycles. The minimum absolute atomic E-state index is 0.111. The number of hydrogen-bond acceptors (Lipinski definition) is 5. The Kier molecular flexibility index (Phi) is 5.06. The number of anilines is 2. The average molecular weight is 355 g/mol. The molecule has 7 nitrogen and oxygen atoms in total. The van der Waals surface area contributed by atoms with Crippen LogP contribution in [0.15, 0.2) is 36.4 Å². The van der Waals surface area contributed by atoms with Crippen molar-refractivity contribution in [1.82, 2.24) is 0 Å². The zero-order valence-corrected chi connectivity index (χ0v) is 14.7. The summed E-state index contributed by atoms with van der Waals surface area (Å²) in [6.07, 6.45) is 3.34. The molecular weight excluding hydrogens is 334 g/mol. The van der Waals surface area contributed by atoms with Crippen LogP contribution in [-0.4, -0.2) is 24.0 Å². The Hall–Kier alpha value is -3.09. The van der Waals surface area contributed by atoms with Crippen molar-refractivity contribution in [2.45, 2.75) is 32.2 Å². The SMILES string of the molecule is COc1ccc([N+](=O)[O-])cc1NC(=O)C(C)Nc1ccc2c(c1)CCC2. The lowest BCUT2D eigenvalue weighted by Crippen LogP contribution is -2.32. The molecule has 0 saturated heterocycles. The highest BCUT2D eigenvalue weighted by molar-refractivity contribution is 5.97. The number of carbonyl (C=O) groups excluding carboxylic acids is 1. The molecule has 3 rings (SSSR count). The molecule has 2 aromatic rings. The molecule has 0 radical (unpaired) electrons. The lowest BCUT2D eigenvalue weighted by Gasteiger charge is -2.17. The van der Waals surface area contributed by atoms with Crippen LogP contribution >= 0.6 is 0 Å². The Morgan fingerprint density at radius 3 is 2.69 bits per heavy atom. The Bertz CT molecular complexity index is 851. The number of benzene rings is 2. The molecule has 1 aliphatic carbocycles. The van der Waals surface area contributed by atoms with E-state index in [1.165, 1.54) is 42.9 Å². The summed E-state index contributed by atoms with van der Waals surface area (Å²) in [5.74, 6) is 0.0676. The summed E-state index contributed by atoms with van der Waals surface area (Å²) in [4.78, 5) is 22.9. The third kappa shape index (κ3) is 3.77. The molecule has 26 heavy (non-hydrogen) atoms. The number of hydrogen-bond donors (Lipinski definition) is 2. The van der Waals surface area contributed by atoms with Crippen molar-refractivity contribution in [2.24, 2.45) is 0 Å². The molecule has 0 fully saturated rings. The monoisotopic (exact) mass is 355 g/mol. The summed E-state index contributed by atoms with van der Waals surface area (Å²) in [7, 11) is 1.45. The number of nitro groups is 1. The van der Waals surface area contributed by atoms with Gasteiger partial charge in [0, 0.05) is 17.8 Å². The van der Waals surface area contributed by atoms with E-state index in [-0.39, 0.29) is 17.3 Å². The van der Waals surface area contributed by atoms with Gasteiger partial charge in [0.05, 0.1) is 17.7 Å². The van der Waals surface area contributed by atoms with Crippen molar-refractivity contribution >= 4 is 23.0 Å². The van der Waals surface area contributed by atoms with E-state index in [1.807, 2.05) is 6.07 Å². The molecule has 1 aliphatic rings. The van der Waals surface area contributed by atoms with E-state index in [4.69, 9.17) is 4.74 Å². The summed E-state index contributed by atoms with van der Waals surface area (Å²) >= 11 is 0. The first-order chi connectivity index (χ1) is 12.5. The predicted octanol–water partition coefficient (Wildman–Crippen LogP) is 3.53. The van der Waals surface area contributed by atoms with Gasteiger partial charge in [-0.15, -0.1) is 0 Å². The average Bonchev–Trinajstić information content (AvgIpc) is 3.09. The number of rotatable bonds is 6. The number of aryl methyl sites for hydroxylation is 2. The van der Waals surface area contributed by atoms with E-state index in [0.717, 1.165) is 18.5 Å². The van der Waals surface area contributed by atoms with E-state index in [0.29, 0.717) is 5.75 Å². The molecule has 0 bridgehead atoms. The maximum Gasteiger partial charge on any atom is 0.271 e. The molecule has 0 aliphatic heterocycles. The Morgan fingerprint density at radius 1 is 1.19 bits per heavy atom. The number of amides is 1. The maximum atomic E-state index is 12.5. The predicted molar refractivity (Wildman–Crippen MR) is 99.8 cm³/mol. The maximum absolute atomic E-state index is 12.5. The fraction of sp³-hybridized carbons (Fsp3) is 0.316. The largest absolute Gasteiger partial charge is 0.495 e. The first-order valence-electron chi connectivity index (χ1n) is 8.49. The number of fused-ring (bicyclic) bond motifs is 1. The third-order valence-corrected chi connectivity index (χ3v) is 4.53. The van der Waals surface area contributed by atoms with Crippen molar-refractivity contribution < 1.29 is 14.5 Å². The number of nitrogens with zero attached hydrogens (tertiary/aromatic N) is 1. The molecule has 2 N–H and O–H groups in total. The lowest BCUT2D eigenvalue weighted by atomic mass is 10.1. The van der Waals surface area contributed by atoms with Crippen LogP contribution in [0, 0.1) is 10.1 Å². The molecule has 1 amide bonds. The van der Waals surface area contributed by atoms with Crippen LogP contribution in [0.3, 0.4) is 0 Å². The van der Waals surface area contributed by atoms with Crippen LogP contribution in [0.2, 0.25) is 0 Å². The van der Waals surface area contributed by atoms with Crippen molar-refractivity contribution in [3.63, 3.8) is 0 Å². The molecule has 0 heterocycles. The third-order valence-electron chi connectivity index (χ3n) is 4.53. The van der Waals surface area contributed by atoms with E-state index >= 15 is 0 Å². The summed E-state index contributed by atoms with van der Waals surface area (Å²) in [6.45, 7) is 1.74. The van der Waals surface area contributed by atoms with Crippen LogP contribution in [0.5, 0.6) is 5.75 Å². The zero-order valence-electron chi connectivity index (χ0n) is 14.7. The van der Waals surface area contributed by atoms with Gasteiger partial charge in [-0.2, -0.15) is 0 Å². The Morgan fingerprint density at radius 2 is 1.96 bits per heavy atom. The highest BCUT2D eigenvalue weighted by Gasteiger charge is 2.18. The van der Waals surface area contributed by atoms with Crippen LogP contribution < -0.4 is 15.4 Å². The van der Waals surface area contributed by atoms with Gasteiger partial charge >= 0.3 is 0 Å². The van der Waals surface area contributed by atoms with Gasteiger partial charge in [-0.3, -0.25) is 14.9 Å². The first kappa shape index (κ1) is 17.7.